The first-order valence-electron chi connectivity index (χ1n) is 10.2. The zero-order valence-electron chi connectivity index (χ0n) is 17.0. The van der Waals surface area contributed by atoms with Gasteiger partial charge in [0.05, 0.1) is 0 Å². The Hall–Kier alpha value is -3.35. The first-order chi connectivity index (χ1) is 14.6. The van der Waals surface area contributed by atoms with Gasteiger partial charge < -0.3 is 20.5 Å². The van der Waals surface area contributed by atoms with Crippen LogP contribution < -0.4 is 15.5 Å². The fraction of sp³-hybridized carbons (Fsp3) is 0.304. The summed E-state index contributed by atoms with van der Waals surface area (Å²) in [6, 6.07) is 12.8. The third-order valence-corrected chi connectivity index (χ3v) is 5.42. The molecule has 0 unspecified atom stereocenters. The first kappa shape index (κ1) is 19.9. The fourth-order valence-electron chi connectivity index (χ4n) is 3.79. The van der Waals surface area contributed by atoms with E-state index in [1.165, 1.54) is 6.07 Å². The number of nitrogens with one attached hydrogen (secondary N) is 3. The Bertz CT molecular complexity index is 1060. The number of hydrogen-bond acceptors (Lipinski definition) is 2. The Morgan fingerprint density at radius 3 is 2.77 bits per heavy atom. The van der Waals surface area contributed by atoms with E-state index in [4.69, 9.17) is 0 Å². The molecule has 0 bridgehead atoms. The molecule has 1 fully saturated rings. The predicted molar refractivity (Wildman–Crippen MR) is 118 cm³/mol. The van der Waals surface area contributed by atoms with Gasteiger partial charge >= 0.3 is 0 Å². The molecule has 3 N–H and O–H groups in total. The Labute approximate surface area is 175 Å². The molecule has 156 valence electrons. The van der Waals surface area contributed by atoms with Crippen LogP contribution in [0.1, 0.15) is 24.0 Å². The maximum atomic E-state index is 13.5. The van der Waals surface area contributed by atoms with Gasteiger partial charge in [-0.1, -0.05) is 12.1 Å². The summed E-state index contributed by atoms with van der Waals surface area (Å²) < 4.78 is 13.5. The number of guanidine groups is 1. The number of rotatable bonds is 6. The molecular formula is C23H26FN5O. The molecule has 0 spiro atoms. The molecule has 7 heteroatoms. The maximum Gasteiger partial charge on any atom is 0.227 e. The van der Waals surface area contributed by atoms with Crippen LogP contribution in [0.2, 0.25) is 0 Å². The van der Waals surface area contributed by atoms with Crippen LogP contribution in [-0.2, 0) is 17.8 Å². The molecule has 1 saturated heterocycles. The molecule has 30 heavy (non-hydrogen) atoms. The summed E-state index contributed by atoms with van der Waals surface area (Å²) in [5, 5.41) is 7.51. The molecule has 1 aliphatic rings. The van der Waals surface area contributed by atoms with Crippen molar-refractivity contribution in [3.05, 3.63) is 65.6 Å². The topological polar surface area (TPSA) is 72.5 Å². The number of benzene rings is 2. The number of fused-ring (bicyclic) bond motifs is 1. The molecule has 1 amide bonds. The van der Waals surface area contributed by atoms with Crippen LogP contribution in [0, 0.1) is 5.82 Å². The van der Waals surface area contributed by atoms with Crippen molar-refractivity contribution in [3.63, 3.8) is 0 Å². The molecule has 4 rings (SSSR count). The summed E-state index contributed by atoms with van der Waals surface area (Å²) in [5.74, 6) is 0.678. The number of halogens is 1. The molecular weight excluding hydrogens is 381 g/mol. The van der Waals surface area contributed by atoms with Crippen molar-refractivity contribution in [1.29, 1.82) is 0 Å². The number of H-pyrrole nitrogens is 1. The van der Waals surface area contributed by atoms with Crippen molar-refractivity contribution < 1.29 is 9.18 Å². The van der Waals surface area contributed by atoms with Gasteiger partial charge in [-0.2, -0.15) is 0 Å². The van der Waals surface area contributed by atoms with Gasteiger partial charge in [0, 0.05) is 55.9 Å². The molecule has 0 saturated carbocycles. The van der Waals surface area contributed by atoms with Gasteiger partial charge in [0.1, 0.15) is 5.82 Å². The van der Waals surface area contributed by atoms with Crippen LogP contribution >= 0.6 is 0 Å². The van der Waals surface area contributed by atoms with E-state index in [0.717, 1.165) is 47.1 Å². The van der Waals surface area contributed by atoms with Crippen molar-refractivity contribution in [2.75, 3.05) is 25.0 Å². The highest BCUT2D eigenvalue weighted by Gasteiger charge is 2.21. The van der Waals surface area contributed by atoms with Gasteiger partial charge in [0.15, 0.2) is 5.96 Å². The molecule has 0 radical (unpaired) electrons. The standard InChI is InChI=1S/C23H26FN5O/c1-25-23(26-11-10-17-15-27-21-9-6-18(24)13-20(17)21)28-14-16-4-7-19(8-5-16)29-12-2-3-22(29)30/h4-9,13,15,27H,2-3,10-12,14H2,1H3,(H2,25,26,28). The van der Waals surface area contributed by atoms with E-state index in [9.17, 15) is 9.18 Å². The quantitative estimate of drug-likeness (QED) is 0.434. The Balaban J connectivity index is 1.27. The van der Waals surface area contributed by atoms with Crippen LogP contribution in [0.25, 0.3) is 10.9 Å². The highest BCUT2D eigenvalue weighted by Crippen LogP contribution is 2.22. The van der Waals surface area contributed by atoms with Gasteiger partial charge in [-0.25, -0.2) is 4.39 Å². The second kappa shape index (κ2) is 8.98. The van der Waals surface area contributed by atoms with Gasteiger partial charge in [-0.05, 0) is 54.3 Å². The third-order valence-electron chi connectivity index (χ3n) is 5.42. The fourth-order valence-corrected chi connectivity index (χ4v) is 3.79. The number of aromatic amines is 1. The van der Waals surface area contributed by atoms with Gasteiger partial charge in [-0.15, -0.1) is 0 Å². The van der Waals surface area contributed by atoms with Gasteiger partial charge in [0.2, 0.25) is 5.91 Å². The molecule has 2 heterocycles. The lowest BCUT2D eigenvalue weighted by Crippen LogP contribution is -2.37. The monoisotopic (exact) mass is 407 g/mol. The van der Waals surface area contributed by atoms with Crippen molar-refractivity contribution in [3.8, 4) is 0 Å². The van der Waals surface area contributed by atoms with Crippen molar-refractivity contribution in [1.82, 2.24) is 15.6 Å². The minimum absolute atomic E-state index is 0.198. The number of anilines is 1. The Morgan fingerprint density at radius 1 is 1.20 bits per heavy atom. The first-order valence-corrected chi connectivity index (χ1v) is 10.2. The number of carbonyl (C=O) groups is 1. The summed E-state index contributed by atoms with van der Waals surface area (Å²) in [7, 11) is 1.73. The predicted octanol–water partition coefficient (Wildman–Crippen LogP) is 3.34. The van der Waals surface area contributed by atoms with E-state index in [1.807, 2.05) is 35.4 Å². The summed E-state index contributed by atoms with van der Waals surface area (Å²) in [4.78, 5) is 21.1. The van der Waals surface area contributed by atoms with E-state index in [2.05, 4.69) is 20.6 Å². The number of aromatic nitrogens is 1. The van der Waals surface area contributed by atoms with Crippen molar-refractivity contribution >= 4 is 28.5 Å². The van der Waals surface area contributed by atoms with Crippen LogP contribution in [0.5, 0.6) is 0 Å². The average Bonchev–Trinajstić information content (AvgIpc) is 3.37. The highest BCUT2D eigenvalue weighted by atomic mass is 19.1. The molecule has 3 aromatic rings. The lowest BCUT2D eigenvalue weighted by atomic mass is 10.1. The maximum absolute atomic E-state index is 13.5. The summed E-state index contributed by atoms with van der Waals surface area (Å²) in [5.41, 5.74) is 4.08. The number of nitrogens with zero attached hydrogens (tertiary/aromatic N) is 2. The van der Waals surface area contributed by atoms with Gasteiger partial charge in [-0.3, -0.25) is 9.79 Å². The number of amides is 1. The normalized spacial score (nSPS) is 14.5. The average molecular weight is 407 g/mol. The molecule has 2 aromatic carbocycles. The van der Waals surface area contributed by atoms with E-state index >= 15 is 0 Å². The molecule has 1 aliphatic heterocycles. The summed E-state index contributed by atoms with van der Waals surface area (Å²) in [6.45, 7) is 2.11. The molecule has 1 aromatic heterocycles. The van der Waals surface area contributed by atoms with Crippen LogP contribution in [-0.4, -0.2) is 37.0 Å². The van der Waals surface area contributed by atoms with E-state index in [-0.39, 0.29) is 11.7 Å². The minimum Gasteiger partial charge on any atom is -0.361 e. The zero-order valence-corrected chi connectivity index (χ0v) is 17.0. The van der Waals surface area contributed by atoms with Crippen molar-refractivity contribution in [2.24, 2.45) is 4.99 Å². The van der Waals surface area contributed by atoms with Crippen molar-refractivity contribution in [2.45, 2.75) is 25.8 Å². The Morgan fingerprint density at radius 2 is 2.03 bits per heavy atom. The van der Waals surface area contributed by atoms with Gasteiger partial charge in [0.25, 0.3) is 0 Å². The lowest BCUT2D eigenvalue weighted by Gasteiger charge is -2.16. The number of carbonyl (C=O) groups excluding carboxylic acids is 1. The second-order valence-electron chi connectivity index (χ2n) is 7.42. The van der Waals surface area contributed by atoms with Crippen LogP contribution in [0.3, 0.4) is 0 Å². The lowest BCUT2D eigenvalue weighted by molar-refractivity contribution is -0.117. The largest absolute Gasteiger partial charge is 0.361 e. The third kappa shape index (κ3) is 4.45. The van der Waals surface area contributed by atoms with Crippen LogP contribution in [0.15, 0.2) is 53.7 Å². The SMILES string of the molecule is CN=C(NCCc1c[nH]c2ccc(F)cc12)NCc1ccc(N2CCCC2=O)cc1. The second-order valence-corrected chi connectivity index (χ2v) is 7.42. The van der Waals surface area contributed by atoms with E-state index < -0.39 is 0 Å². The minimum atomic E-state index is -0.228. The number of aliphatic imine (C=N–C) groups is 1. The number of hydrogen-bond donors (Lipinski definition) is 3. The van der Waals surface area contributed by atoms with E-state index in [1.54, 1.807) is 19.2 Å². The Kier molecular flexibility index (Phi) is 5.97. The molecule has 0 atom stereocenters. The summed E-state index contributed by atoms with van der Waals surface area (Å²) >= 11 is 0. The van der Waals surface area contributed by atoms with E-state index in [0.29, 0.717) is 25.5 Å². The smallest absolute Gasteiger partial charge is 0.227 e. The molecule has 6 nitrogen and oxygen atoms in total. The summed E-state index contributed by atoms with van der Waals surface area (Å²) in [6.07, 6.45) is 4.24. The highest BCUT2D eigenvalue weighted by molar-refractivity contribution is 5.95. The van der Waals surface area contributed by atoms with Crippen LogP contribution in [0.4, 0.5) is 10.1 Å². The molecule has 0 aliphatic carbocycles. The zero-order chi connectivity index (χ0) is 20.9.